The predicted molar refractivity (Wildman–Crippen MR) is 134 cm³/mol. The SMILES string of the molecule is O=C(CC(c1ccccc1)c1ccccc1)N1CCN(CCOc2ccc(Cl)cc2Cl)CC1. The summed E-state index contributed by atoms with van der Waals surface area (Å²) in [6.07, 6.45) is 0.478. The molecule has 3 aromatic rings. The van der Waals surface area contributed by atoms with Gasteiger partial charge in [-0.1, -0.05) is 83.9 Å². The van der Waals surface area contributed by atoms with Crippen LogP contribution in [0, 0.1) is 0 Å². The van der Waals surface area contributed by atoms with Crippen LogP contribution in [0.25, 0.3) is 0 Å². The standard InChI is InChI=1S/C27H28Cl2N2O2/c28-23-11-12-26(25(29)19-23)33-18-17-30-13-15-31(16-14-30)27(32)20-24(21-7-3-1-4-8-21)22-9-5-2-6-10-22/h1-12,19,24H,13-18,20H2. The summed E-state index contributed by atoms with van der Waals surface area (Å²) in [4.78, 5) is 17.5. The summed E-state index contributed by atoms with van der Waals surface area (Å²) in [7, 11) is 0. The Labute approximate surface area is 205 Å². The lowest BCUT2D eigenvalue weighted by atomic mass is 9.88. The molecule has 0 unspecified atom stereocenters. The Hall–Kier alpha value is -2.53. The molecule has 0 N–H and O–H groups in total. The molecule has 0 spiro atoms. The normalized spacial score (nSPS) is 14.5. The van der Waals surface area contributed by atoms with Crippen molar-refractivity contribution in [2.45, 2.75) is 12.3 Å². The van der Waals surface area contributed by atoms with E-state index in [0.29, 0.717) is 28.8 Å². The largest absolute Gasteiger partial charge is 0.491 e. The number of halogens is 2. The highest BCUT2D eigenvalue weighted by Crippen LogP contribution is 2.29. The molecule has 1 amide bonds. The maximum atomic E-state index is 13.2. The zero-order valence-corrected chi connectivity index (χ0v) is 20.0. The third-order valence-electron chi connectivity index (χ3n) is 6.07. The van der Waals surface area contributed by atoms with Crippen molar-refractivity contribution in [1.82, 2.24) is 9.80 Å². The second-order valence-electron chi connectivity index (χ2n) is 8.22. The van der Waals surface area contributed by atoms with Crippen molar-refractivity contribution in [3.05, 3.63) is 100 Å². The van der Waals surface area contributed by atoms with Crippen molar-refractivity contribution in [2.24, 2.45) is 0 Å². The number of hydrogen-bond donors (Lipinski definition) is 0. The Balaban J connectivity index is 1.28. The minimum atomic E-state index is 0.0652. The van der Waals surface area contributed by atoms with Gasteiger partial charge in [0, 0.05) is 50.1 Å². The van der Waals surface area contributed by atoms with E-state index in [1.54, 1.807) is 18.2 Å². The summed E-state index contributed by atoms with van der Waals surface area (Å²) in [5, 5.41) is 1.11. The number of hydrogen-bond acceptors (Lipinski definition) is 3. The van der Waals surface area contributed by atoms with Gasteiger partial charge in [-0.25, -0.2) is 0 Å². The molecule has 33 heavy (non-hydrogen) atoms. The van der Waals surface area contributed by atoms with Crippen LogP contribution in [0.5, 0.6) is 5.75 Å². The smallest absolute Gasteiger partial charge is 0.223 e. The van der Waals surface area contributed by atoms with E-state index in [2.05, 4.69) is 29.2 Å². The molecular formula is C27H28Cl2N2O2. The molecule has 0 aliphatic carbocycles. The quantitative estimate of drug-likeness (QED) is 0.410. The van der Waals surface area contributed by atoms with Crippen molar-refractivity contribution < 1.29 is 9.53 Å². The maximum Gasteiger partial charge on any atom is 0.223 e. The van der Waals surface area contributed by atoms with Crippen LogP contribution in [0.1, 0.15) is 23.5 Å². The third kappa shape index (κ3) is 6.50. The van der Waals surface area contributed by atoms with E-state index in [-0.39, 0.29) is 11.8 Å². The van der Waals surface area contributed by atoms with Crippen LogP contribution < -0.4 is 4.74 Å². The number of carbonyl (C=O) groups is 1. The maximum absolute atomic E-state index is 13.2. The highest BCUT2D eigenvalue weighted by molar-refractivity contribution is 6.35. The zero-order valence-electron chi connectivity index (χ0n) is 18.5. The second-order valence-corrected chi connectivity index (χ2v) is 9.07. The van der Waals surface area contributed by atoms with Gasteiger partial charge < -0.3 is 9.64 Å². The van der Waals surface area contributed by atoms with Crippen molar-refractivity contribution in [1.29, 1.82) is 0 Å². The summed E-state index contributed by atoms with van der Waals surface area (Å²) in [5.41, 5.74) is 2.35. The van der Waals surface area contributed by atoms with Gasteiger partial charge in [-0.2, -0.15) is 0 Å². The molecule has 0 bridgehead atoms. The fourth-order valence-electron chi connectivity index (χ4n) is 4.20. The molecule has 0 saturated carbocycles. The van der Waals surface area contributed by atoms with Crippen LogP contribution >= 0.6 is 23.2 Å². The van der Waals surface area contributed by atoms with Crippen molar-refractivity contribution in [2.75, 3.05) is 39.3 Å². The van der Waals surface area contributed by atoms with Crippen molar-refractivity contribution in [3.63, 3.8) is 0 Å². The molecule has 1 heterocycles. The van der Waals surface area contributed by atoms with Gasteiger partial charge in [-0.3, -0.25) is 9.69 Å². The van der Waals surface area contributed by atoms with Gasteiger partial charge in [0.15, 0.2) is 0 Å². The van der Waals surface area contributed by atoms with Crippen LogP contribution in [0.4, 0.5) is 0 Å². The Morgan fingerprint density at radius 3 is 2.03 bits per heavy atom. The minimum absolute atomic E-state index is 0.0652. The van der Waals surface area contributed by atoms with Gasteiger partial charge >= 0.3 is 0 Å². The summed E-state index contributed by atoms with van der Waals surface area (Å²) >= 11 is 12.1. The molecule has 1 aliphatic heterocycles. The first-order chi connectivity index (χ1) is 16.1. The monoisotopic (exact) mass is 482 g/mol. The Bertz CT molecular complexity index is 999. The fourth-order valence-corrected chi connectivity index (χ4v) is 4.66. The molecule has 6 heteroatoms. The van der Waals surface area contributed by atoms with E-state index < -0.39 is 0 Å². The Morgan fingerprint density at radius 2 is 1.45 bits per heavy atom. The molecule has 0 radical (unpaired) electrons. The average Bonchev–Trinajstić information content (AvgIpc) is 2.85. The van der Waals surface area contributed by atoms with Crippen molar-refractivity contribution >= 4 is 29.1 Å². The van der Waals surface area contributed by atoms with Gasteiger partial charge in [0.25, 0.3) is 0 Å². The van der Waals surface area contributed by atoms with Gasteiger partial charge in [0.05, 0.1) is 5.02 Å². The molecular weight excluding hydrogens is 455 g/mol. The molecule has 1 aliphatic rings. The summed E-state index contributed by atoms with van der Waals surface area (Å²) < 4.78 is 5.81. The molecule has 0 aromatic heterocycles. The minimum Gasteiger partial charge on any atom is -0.491 e. The van der Waals surface area contributed by atoms with E-state index in [1.807, 2.05) is 41.3 Å². The fraction of sp³-hybridized carbons (Fsp3) is 0.296. The molecule has 1 saturated heterocycles. The molecule has 1 fully saturated rings. The van der Waals surface area contributed by atoms with Gasteiger partial charge in [-0.05, 0) is 29.3 Å². The first-order valence-electron chi connectivity index (χ1n) is 11.3. The van der Waals surface area contributed by atoms with Crippen LogP contribution in [-0.2, 0) is 4.79 Å². The number of piperazine rings is 1. The van der Waals surface area contributed by atoms with Crippen LogP contribution in [0.2, 0.25) is 10.0 Å². The number of carbonyl (C=O) groups excluding carboxylic acids is 1. The zero-order chi connectivity index (χ0) is 23.0. The number of amides is 1. The summed E-state index contributed by atoms with van der Waals surface area (Å²) in [6, 6.07) is 25.8. The summed E-state index contributed by atoms with van der Waals surface area (Å²) in [6.45, 7) is 4.47. The van der Waals surface area contributed by atoms with Crippen LogP contribution in [0.3, 0.4) is 0 Å². The summed E-state index contributed by atoms with van der Waals surface area (Å²) in [5.74, 6) is 0.912. The van der Waals surface area contributed by atoms with E-state index >= 15 is 0 Å². The lowest BCUT2D eigenvalue weighted by molar-refractivity contribution is -0.133. The van der Waals surface area contributed by atoms with E-state index in [4.69, 9.17) is 27.9 Å². The first-order valence-corrected chi connectivity index (χ1v) is 12.0. The predicted octanol–water partition coefficient (Wildman–Crippen LogP) is 5.74. The second kappa shape index (κ2) is 11.6. The average molecular weight is 483 g/mol. The highest BCUT2D eigenvalue weighted by Gasteiger charge is 2.25. The van der Waals surface area contributed by atoms with Crippen LogP contribution in [-0.4, -0.2) is 55.0 Å². The lowest BCUT2D eigenvalue weighted by Gasteiger charge is -2.35. The van der Waals surface area contributed by atoms with Gasteiger partial charge in [-0.15, -0.1) is 0 Å². The number of rotatable bonds is 8. The van der Waals surface area contributed by atoms with E-state index in [1.165, 1.54) is 11.1 Å². The lowest BCUT2D eigenvalue weighted by Crippen LogP contribution is -2.49. The highest BCUT2D eigenvalue weighted by atomic mass is 35.5. The van der Waals surface area contributed by atoms with E-state index in [0.717, 1.165) is 32.7 Å². The van der Waals surface area contributed by atoms with E-state index in [9.17, 15) is 4.79 Å². The number of benzene rings is 3. The number of nitrogens with zero attached hydrogens (tertiary/aromatic N) is 2. The molecule has 4 nitrogen and oxygen atoms in total. The molecule has 172 valence electrons. The first kappa shape index (κ1) is 23.6. The van der Waals surface area contributed by atoms with Crippen LogP contribution in [0.15, 0.2) is 78.9 Å². The topological polar surface area (TPSA) is 32.8 Å². The Kier molecular flexibility index (Phi) is 8.27. The number of ether oxygens (including phenoxy) is 1. The van der Waals surface area contributed by atoms with Gasteiger partial charge in [0.1, 0.15) is 12.4 Å². The molecule has 4 rings (SSSR count). The Morgan fingerprint density at radius 1 is 0.848 bits per heavy atom. The van der Waals surface area contributed by atoms with Crippen molar-refractivity contribution in [3.8, 4) is 5.75 Å². The molecule has 0 atom stereocenters. The third-order valence-corrected chi connectivity index (χ3v) is 6.60. The molecule has 3 aromatic carbocycles. The van der Waals surface area contributed by atoms with Gasteiger partial charge in [0.2, 0.25) is 5.91 Å².